The van der Waals surface area contributed by atoms with Crippen LogP contribution >= 0.6 is 0 Å². The van der Waals surface area contributed by atoms with Gasteiger partial charge in [0.1, 0.15) is 0 Å². The Hall–Kier alpha value is -2.90. The molecule has 3 N–H and O–H groups in total. The van der Waals surface area contributed by atoms with Crippen LogP contribution in [-0.4, -0.2) is 42.5 Å². The monoisotopic (exact) mass is 375 g/mol. The van der Waals surface area contributed by atoms with Crippen molar-refractivity contribution < 1.29 is 23.9 Å². The summed E-state index contributed by atoms with van der Waals surface area (Å²) in [5.74, 6) is -1.63. The number of rotatable bonds is 7. The van der Waals surface area contributed by atoms with E-state index >= 15 is 0 Å². The van der Waals surface area contributed by atoms with Crippen LogP contribution in [0.1, 0.15) is 49.4 Å². The average Bonchev–Trinajstić information content (AvgIpc) is 3.13. The van der Waals surface area contributed by atoms with Gasteiger partial charge >= 0.3 is 12.0 Å². The third kappa shape index (κ3) is 7.47. The molecule has 8 nitrogen and oxygen atoms in total. The van der Waals surface area contributed by atoms with Crippen LogP contribution in [0.3, 0.4) is 0 Å². The molecule has 0 heterocycles. The Morgan fingerprint density at radius 1 is 1.11 bits per heavy atom. The summed E-state index contributed by atoms with van der Waals surface area (Å²) in [5.41, 5.74) is 0.491. The third-order valence-electron chi connectivity index (χ3n) is 4.19. The molecule has 146 valence electrons. The van der Waals surface area contributed by atoms with Gasteiger partial charge < -0.3 is 15.4 Å². The van der Waals surface area contributed by atoms with Crippen LogP contribution in [0.2, 0.25) is 0 Å². The van der Waals surface area contributed by atoms with Gasteiger partial charge in [-0.1, -0.05) is 31.0 Å². The molecule has 0 aliphatic heterocycles. The largest absolute Gasteiger partial charge is 0.455 e. The molecule has 1 aromatic rings. The number of urea groups is 1. The highest BCUT2D eigenvalue weighted by Crippen LogP contribution is 2.17. The number of ether oxygens (including phenoxy) is 1. The Morgan fingerprint density at radius 3 is 2.44 bits per heavy atom. The van der Waals surface area contributed by atoms with E-state index in [0.29, 0.717) is 5.56 Å². The predicted molar refractivity (Wildman–Crippen MR) is 97.9 cm³/mol. The summed E-state index contributed by atoms with van der Waals surface area (Å²) in [6, 6.07) is 7.68. The lowest BCUT2D eigenvalue weighted by Crippen LogP contribution is -2.45. The minimum atomic E-state index is -0.695. The highest BCUT2D eigenvalue weighted by atomic mass is 16.5. The molecule has 2 rings (SSSR count). The molecule has 1 aliphatic rings. The number of esters is 1. The Balaban J connectivity index is 1.63. The average molecular weight is 375 g/mol. The second-order valence-corrected chi connectivity index (χ2v) is 6.61. The molecule has 27 heavy (non-hydrogen) atoms. The first-order valence-electron chi connectivity index (χ1n) is 9.06. The van der Waals surface area contributed by atoms with E-state index in [1.165, 1.54) is 0 Å². The number of hydrogen-bond donors (Lipinski definition) is 3. The van der Waals surface area contributed by atoms with Crippen LogP contribution in [0, 0.1) is 0 Å². The van der Waals surface area contributed by atoms with E-state index in [2.05, 4.69) is 16.0 Å². The van der Waals surface area contributed by atoms with Gasteiger partial charge in [0.15, 0.2) is 6.61 Å². The lowest BCUT2D eigenvalue weighted by atomic mass is 10.2. The van der Waals surface area contributed by atoms with Crippen LogP contribution in [0.25, 0.3) is 0 Å². The number of carbonyl (C=O) groups excluding carboxylic acids is 4. The van der Waals surface area contributed by atoms with Crippen LogP contribution < -0.4 is 16.0 Å². The molecule has 1 atom stereocenters. The van der Waals surface area contributed by atoms with Gasteiger partial charge in [-0.3, -0.25) is 19.7 Å². The predicted octanol–water partition coefficient (Wildman–Crippen LogP) is 1.51. The van der Waals surface area contributed by atoms with Crippen molar-refractivity contribution in [3.05, 3.63) is 35.9 Å². The smallest absolute Gasteiger partial charge is 0.321 e. The number of imide groups is 1. The first-order chi connectivity index (χ1) is 12.9. The molecule has 1 aliphatic carbocycles. The molecule has 1 unspecified atom stereocenters. The van der Waals surface area contributed by atoms with Crippen LogP contribution in [0.5, 0.6) is 0 Å². The van der Waals surface area contributed by atoms with Gasteiger partial charge in [0.2, 0.25) is 0 Å². The fourth-order valence-corrected chi connectivity index (χ4v) is 2.86. The molecule has 0 aromatic heterocycles. The SMILES string of the molecule is CC(CC(=O)OCC(=O)NC(=O)NC1CCCC1)NC(=O)c1ccccc1. The normalized spacial score (nSPS) is 14.9. The lowest BCUT2D eigenvalue weighted by molar-refractivity contribution is -0.148. The highest BCUT2D eigenvalue weighted by Gasteiger charge is 2.19. The van der Waals surface area contributed by atoms with E-state index in [0.717, 1.165) is 25.7 Å². The Labute approximate surface area is 158 Å². The maximum Gasteiger partial charge on any atom is 0.321 e. The number of nitrogens with one attached hydrogen (secondary N) is 3. The van der Waals surface area contributed by atoms with Gasteiger partial charge in [0.25, 0.3) is 11.8 Å². The van der Waals surface area contributed by atoms with Crippen molar-refractivity contribution in [2.75, 3.05) is 6.61 Å². The minimum Gasteiger partial charge on any atom is -0.455 e. The van der Waals surface area contributed by atoms with E-state index in [1.807, 2.05) is 0 Å². The van der Waals surface area contributed by atoms with E-state index in [1.54, 1.807) is 37.3 Å². The number of benzene rings is 1. The van der Waals surface area contributed by atoms with Gasteiger partial charge in [0, 0.05) is 17.6 Å². The summed E-state index contributed by atoms with van der Waals surface area (Å²) in [7, 11) is 0. The number of carbonyl (C=O) groups is 4. The first-order valence-corrected chi connectivity index (χ1v) is 9.06. The minimum absolute atomic E-state index is 0.0832. The molecular weight excluding hydrogens is 350 g/mol. The third-order valence-corrected chi connectivity index (χ3v) is 4.19. The molecule has 0 bridgehead atoms. The van der Waals surface area contributed by atoms with Crippen molar-refractivity contribution in [3.63, 3.8) is 0 Å². The zero-order chi connectivity index (χ0) is 19.6. The lowest BCUT2D eigenvalue weighted by Gasteiger charge is -2.14. The summed E-state index contributed by atoms with van der Waals surface area (Å²) >= 11 is 0. The van der Waals surface area contributed by atoms with Gasteiger partial charge in [0.05, 0.1) is 6.42 Å². The van der Waals surface area contributed by atoms with E-state index in [4.69, 9.17) is 4.74 Å². The van der Waals surface area contributed by atoms with Crippen molar-refractivity contribution >= 4 is 23.8 Å². The second-order valence-electron chi connectivity index (χ2n) is 6.61. The second kappa shape index (κ2) is 10.3. The standard InChI is InChI=1S/C19H25N3O5/c1-13(20-18(25)14-7-3-2-4-8-14)11-17(24)27-12-16(23)22-19(26)21-15-9-5-6-10-15/h2-4,7-8,13,15H,5-6,9-12H2,1H3,(H,20,25)(H2,21,22,23,26). The van der Waals surface area contributed by atoms with Crippen molar-refractivity contribution in [1.82, 2.24) is 16.0 Å². The van der Waals surface area contributed by atoms with Crippen LogP contribution in [0.15, 0.2) is 30.3 Å². The fourth-order valence-electron chi connectivity index (χ4n) is 2.86. The fraction of sp³-hybridized carbons (Fsp3) is 0.474. The molecule has 1 saturated carbocycles. The zero-order valence-electron chi connectivity index (χ0n) is 15.3. The molecule has 8 heteroatoms. The van der Waals surface area contributed by atoms with Gasteiger partial charge in [-0.05, 0) is 31.9 Å². The van der Waals surface area contributed by atoms with Crippen LogP contribution in [0.4, 0.5) is 4.79 Å². The van der Waals surface area contributed by atoms with Crippen molar-refractivity contribution in [2.24, 2.45) is 0 Å². The zero-order valence-corrected chi connectivity index (χ0v) is 15.3. The summed E-state index contributed by atoms with van der Waals surface area (Å²) in [5, 5.41) is 7.52. The van der Waals surface area contributed by atoms with Crippen molar-refractivity contribution in [1.29, 1.82) is 0 Å². The van der Waals surface area contributed by atoms with Crippen molar-refractivity contribution in [2.45, 2.75) is 51.1 Å². The first kappa shape index (κ1) is 20.4. The van der Waals surface area contributed by atoms with Gasteiger partial charge in [-0.2, -0.15) is 0 Å². The molecule has 0 saturated heterocycles. The molecule has 0 spiro atoms. The summed E-state index contributed by atoms with van der Waals surface area (Å²) in [4.78, 5) is 47.1. The van der Waals surface area contributed by atoms with E-state index < -0.39 is 30.6 Å². The molecule has 1 fully saturated rings. The Morgan fingerprint density at radius 2 is 1.78 bits per heavy atom. The van der Waals surface area contributed by atoms with Gasteiger partial charge in [-0.25, -0.2) is 4.79 Å². The number of hydrogen-bond acceptors (Lipinski definition) is 5. The quantitative estimate of drug-likeness (QED) is 0.625. The molecule has 1 aromatic carbocycles. The maximum atomic E-state index is 12.0. The van der Waals surface area contributed by atoms with E-state index in [9.17, 15) is 19.2 Å². The van der Waals surface area contributed by atoms with Gasteiger partial charge in [-0.15, -0.1) is 0 Å². The van der Waals surface area contributed by atoms with E-state index in [-0.39, 0.29) is 18.4 Å². The Kier molecular flexibility index (Phi) is 7.79. The summed E-state index contributed by atoms with van der Waals surface area (Å²) in [6.07, 6.45) is 3.86. The number of amides is 4. The highest BCUT2D eigenvalue weighted by molar-refractivity contribution is 5.96. The van der Waals surface area contributed by atoms with Crippen molar-refractivity contribution in [3.8, 4) is 0 Å². The summed E-state index contributed by atoms with van der Waals surface area (Å²) in [6.45, 7) is 1.12. The molecule has 0 radical (unpaired) electrons. The Bertz CT molecular complexity index is 671. The molecular formula is C19H25N3O5. The topological polar surface area (TPSA) is 114 Å². The summed E-state index contributed by atoms with van der Waals surface area (Å²) < 4.78 is 4.85. The maximum absolute atomic E-state index is 12.0. The van der Waals surface area contributed by atoms with Crippen LogP contribution in [-0.2, 0) is 14.3 Å². The molecule has 4 amide bonds.